The van der Waals surface area contributed by atoms with Crippen molar-refractivity contribution < 1.29 is 28.2 Å². The summed E-state index contributed by atoms with van der Waals surface area (Å²) < 4.78 is 21.5. The largest absolute Gasteiger partial charge is 0.497 e. The lowest BCUT2D eigenvalue weighted by Crippen LogP contribution is -2.33. The highest BCUT2D eigenvalue weighted by molar-refractivity contribution is 6.06. The predicted molar refractivity (Wildman–Crippen MR) is 130 cm³/mol. The Morgan fingerprint density at radius 3 is 2.44 bits per heavy atom. The van der Waals surface area contributed by atoms with Crippen LogP contribution < -0.4 is 20.4 Å². The van der Waals surface area contributed by atoms with Crippen molar-refractivity contribution in [1.29, 1.82) is 0 Å². The molecule has 0 saturated carbocycles. The maximum atomic E-state index is 12.5. The number of hydrogen-bond acceptors (Lipinski definition) is 7. The van der Waals surface area contributed by atoms with Gasteiger partial charge in [0.05, 0.1) is 12.5 Å². The van der Waals surface area contributed by atoms with Crippen molar-refractivity contribution in [1.82, 2.24) is 5.32 Å². The number of ether oxygens (including phenoxy) is 3. The molecule has 3 aromatic rings. The molecule has 0 atom stereocenters. The second kappa shape index (κ2) is 10.6. The fraction of sp³-hybridized carbons (Fsp3) is 0.423. The lowest BCUT2D eigenvalue weighted by Gasteiger charge is -2.19. The summed E-state index contributed by atoms with van der Waals surface area (Å²) in [5.41, 5.74) is -0.0332. The SMILES string of the molecule is COc1ccc2c(c1)c(=O)oc1c(C)c(OC(=O)CCCCCNC(=O)OC(C)(C)C)ccc12. The number of fused-ring (bicyclic) bond motifs is 3. The highest BCUT2D eigenvalue weighted by Crippen LogP contribution is 2.32. The van der Waals surface area contributed by atoms with E-state index < -0.39 is 17.3 Å². The average Bonchev–Trinajstić information content (AvgIpc) is 2.77. The van der Waals surface area contributed by atoms with Gasteiger partial charge in [0.2, 0.25) is 0 Å². The summed E-state index contributed by atoms with van der Waals surface area (Å²) in [4.78, 5) is 36.5. The molecule has 0 fully saturated rings. The minimum absolute atomic E-state index is 0.241. The highest BCUT2D eigenvalue weighted by Gasteiger charge is 2.16. The summed E-state index contributed by atoms with van der Waals surface area (Å²) in [5, 5.41) is 4.62. The van der Waals surface area contributed by atoms with Gasteiger partial charge >= 0.3 is 17.7 Å². The third-order valence-corrected chi connectivity index (χ3v) is 5.24. The van der Waals surface area contributed by atoms with E-state index in [1.165, 1.54) is 7.11 Å². The molecule has 0 radical (unpaired) electrons. The van der Waals surface area contributed by atoms with Gasteiger partial charge in [-0.05, 0) is 70.9 Å². The minimum Gasteiger partial charge on any atom is -0.497 e. The van der Waals surface area contributed by atoms with Gasteiger partial charge in [-0.3, -0.25) is 4.79 Å². The Labute approximate surface area is 198 Å². The standard InChI is InChI=1S/C26H31NO7/c1-16-21(32-22(28)9-7-6-8-14-27-25(30)34-26(2,3)4)13-12-19-18-11-10-17(31-5)15-20(18)24(29)33-23(16)19/h10-13,15H,6-9,14H2,1-5H3,(H,27,30). The van der Waals surface area contributed by atoms with Crippen molar-refractivity contribution in [2.24, 2.45) is 0 Å². The van der Waals surface area contributed by atoms with Gasteiger partial charge in [0.25, 0.3) is 0 Å². The first-order valence-corrected chi connectivity index (χ1v) is 11.3. The van der Waals surface area contributed by atoms with Crippen LogP contribution >= 0.6 is 0 Å². The maximum absolute atomic E-state index is 12.5. The van der Waals surface area contributed by atoms with Crippen LogP contribution in [0.25, 0.3) is 21.7 Å². The number of carbonyl (C=O) groups excluding carboxylic acids is 2. The van der Waals surface area contributed by atoms with E-state index in [4.69, 9.17) is 18.6 Å². The Morgan fingerprint density at radius 2 is 1.74 bits per heavy atom. The molecule has 1 N–H and O–H groups in total. The van der Waals surface area contributed by atoms with Crippen molar-refractivity contribution in [2.45, 2.75) is 59.0 Å². The third kappa shape index (κ3) is 6.27. The fourth-order valence-corrected chi connectivity index (χ4v) is 3.58. The van der Waals surface area contributed by atoms with Crippen molar-refractivity contribution in [3.63, 3.8) is 0 Å². The van der Waals surface area contributed by atoms with Crippen molar-refractivity contribution in [3.05, 3.63) is 46.3 Å². The average molecular weight is 470 g/mol. The van der Waals surface area contributed by atoms with E-state index in [0.717, 1.165) is 23.6 Å². The van der Waals surface area contributed by atoms with Crippen LogP contribution in [0, 0.1) is 6.92 Å². The number of benzene rings is 2. The van der Waals surface area contributed by atoms with E-state index in [2.05, 4.69) is 5.32 Å². The molecule has 0 unspecified atom stereocenters. The molecule has 0 spiro atoms. The van der Waals surface area contributed by atoms with Crippen molar-refractivity contribution >= 4 is 33.8 Å². The molecule has 0 aliphatic carbocycles. The molecule has 8 nitrogen and oxygen atoms in total. The molecule has 34 heavy (non-hydrogen) atoms. The molecule has 1 heterocycles. The number of amides is 1. The third-order valence-electron chi connectivity index (χ3n) is 5.24. The van der Waals surface area contributed by atoms with Gasteiger partial charge in [0.15, 0.2) is 0 Å². The molecule has 8 heteroatoms. The number of methoxy groups -OCH3 is 1. The molecule has 0 bridgehead atoms. The molecule has 0 aliphatic rings. The number of nitrogens with one attached hydrogen (secondary N) is 1. The molecular formula is C26H31NO7. The van der Waals surface area contributed by atoms with Crippen LogP contribution in [0.1, 0.15) is 52.0 Å². The van der Waals surface area contributed by atoms with E-state index in [1.54, 1.807) is 31.2 Å². The predicted octanol–water partition coefficient (Wildman–Crippen LogP) is 5.25. The maximum Gasteiger partial charge on any atom is 0.407 e. The second-order valence-electron chi connectivity index (χ2n) is 9.08. The number of rotatable bonds is 8. The van der Waals surface area contributed by atoms with Crippen LogP contribution in [0.15, 0.2) is 39.5 Å². The normalized spacial score (nSPS) is 11.4. The number of carbonyl (C=O) groups is 2. The van der Waals surface area contributed by atoms with Gasteiger partial charge < -0.3 is 23.9 Å². The summed E-state index contributed by atoms with van der Waals surface area (Å²) in [5.74, 6) is 0.567. The smallest absolute Gasteiger partial charge is 0.407 e. The highest BCUT2D eigenvalue weighted by atomic mass is 16.6. The number of esters is 1. The van der Waals surface area contributed by atoms with E-state index in [1.807, 2.05) is 26.8 Å². The molecule has 0 saturated heterocycles. The zero-order chi connectivity index (χ0) is 24.9. The summed E-state index contributed by atoms with van der Waals surface area (Å²) >= 11 is 0. The first kappa shape index (κ1) is 25.1. The van der Waals surface area contributed by atoms with Gasteiger partial charge in [0, 0.05) is 29.3 Å². The Hall–Kier alpha value is -3.55. The minimum atomic E-state index is -0.530. The second-order valence-corrected chi connectivity index (χ2v) is 9.08. The summed E-state index contributed by atoms with van der Waals surface area (Å²) in [7, 11) is 1.54. The van der Waals surface area contributed by atoms with Crippen molar-refractivity contribution in [2.75, 3.05) is 13.7 Å². The lowest BCUT2D eigenvalue weighted by molar-refractivity contribution is -0.134. The van der Waals surface area contributed by atoms with E-state index in [-0.39, 0.29) is 12.4 Å². The Morgan fingerprint density at radius 1 is 1.00 bits per heavy atom. The molecule has 3 rings (SSSR count). The number of alkyl carbamates (subject to hydrolysis) is 1. The van der Waals surface area contributed by atoms with Crippen LogP contribution in [0.4, 0.5) is 4.79 Å². The van der Waals surface area contributed by atoms with Crippen LogP contribution in [0.5, 0.6) is 11.5 Å². The van der Waals surface area contributed by atoms with Crippen LogP contribution in [-0.2, 0) is 9.53 Å². The van der Waals surface area contributed by atoms with Gasteiger partial charge in [0.1, 0.15) is 22.7 Å². The van der Waals surface area contributed by atoms with Crippen LogP contribution in [0.2, 0.25) is 0 Å². The topological polar surface area (TPSA) is 104 Å². The molecule has 1 aromatic heterocycles. The first-order chi connectivity index (χ1) is 16.1. The molecule has 2 aromatic carbocycles. The van der Waals surface area contributed by atoms with E-state index in [9.17, 15) is 14.4 Å². The zero-order valence-corrected chi connectivity index (χ0v) is 20.3. The Kier molecular flexibility index (Phi) is 7.81. The number of hydrogen-bond donors (Lipinski definition) is 1. The lowest BCUT2D eigenvalue weighted by atomic mass is 10.0. The molecule has 0 aliphatic heterocycles. The van der Waals surface area contributed by atoms with Crippen LogP contribution in [0.3, 0.4) is 0 Å². The summed E-state index contributed by atoms with van der Waals surface area (Å²) in [6, 6.07) is 8.74. The summed E-state index contributed by atoms with van der Waals surface area (Å²) in [6.07, 6.45) is 1.91. The number of aryl methyl sites for hydroxylation is 1. The quantitative estimate of drug-likeness (QED) is 0.158. The monoisotopic (exact) mass is 469 g/mol. The fourth-order valence-electron chi connectivity index (χ4n) is 3.58. The van der Waals surface area contributed by atoms with Gasteiger partial charge in [-0.15, -0.1) is 0 Å². The summed E-state index contributed by atoms with van der Waals surface area (Å²) in [6.45, 7) is 7.66. The Bertz CT molecular complexity index is 1250. The van der Waals surface area contributed by atoms with Crippen molar-refractivity contribution in [3.8, 4) is 11.5 Å². The van der Waals surface area contributed by atoms with E-state index >= 15 is 0 Å². The van der Waals surface area contributed by atoms with E-state index in [0.29, 0.717) is 41.0 Å². The molecule has 182 valence electrons. The van der Waals surface area contributed by atoms with Gasteiger partial charge in [-0.2, -0.15) is 0 Å². The zero-order valence-electron chi connectivity index (χ0n) is 20.3. The first-order valence-electron chi connectivity index (χ1n) is 11.3. The van der Waals surface area contributed by atoms with Crippen LogP contribution in [-0.4, -0.2) is 31.3 Å². The molecule has 1 amide bonds. The Balaban J connectivity index is 1.57. The van der Waals surface area contributed by atoms with Gasteiger partial charge in [-0.25, -0.2) is 9.59 Å². The number of unbranched alkanes of at least 4 members (excludes halogenated alkanes) is 2. The van der Waals surface area contributed by atoms with Gasteiger partial charge in [-0.1, -0.05) is 6.42 Å². The molecular weight excluding hydrogens is 438 g/mol.